The highest BCUT2D eigenvalue weighted by Crippen LogP contribution is 2.24. The fourth-order valence-electron chi connectivity index (χ4n) is 2.12. The number of esters is 1. The number of aromatic hydroxyl groups is 1. The van der Waals surface area contributed by atoms with Gasteiger partial charge in [-0.2, -0.15) is 0 Å². The summed E-state index contributed by atoms with van der Waals surface area (Å²) in [4.78, 5) is 16.5. The third-order valence-corrected chi connectivity index (χ3v) is 4.24. The monoisotopic (exact) mass is 325 g/mol. The number of ether oxygens (including phenoxy) is 1. The molecule has 0 saturated carbocycles. The Hall–Kier alpha value is -2.66. The standard InChI is InChI=1S/C18H15NO3S/c1-12-7-8-15(16(20)9-12)18(21)22-10-14-11-23-17(19-14)13-5-3-2-4-6-13/h2-9,11,20H,10H2,1H3. The van der Waals surface area contributed by atoms with Crippen LogP contribution in [0.2, 0.25) is 0 Å². The van der Waals surface area contributed by atoms with Crippen LogP contribution in [-0.2, 0) is 11.3 Å². The van der Waals surface area contributed by atoms with Gasteiger partial charge in [0.2, 0.25) is 0 Å². The summed E-state index contributed by atoms with van der Waals surface area (Å²) in [5.41, 5.74) is 2.76. The van der Waals surface area contributed by atoms with Crippen LogP contribution in [0.1, 0.15) is 21.6 Å². The maximum Gasteiger partial charge on any atom is 0.342 e. The molecule has 0 aliphatic carbocycles. The first-order valence-electron chi connectivity index (χ1n) is 7.10. The van der Waals surface area contributed by atoms with Gasteiger partial charge in [0.15, 0.2) is 0 Å². The van der Waals surface area contributed by atoms with Gasteiger partial charge in [-0.3, -0.25) is 0 Å². The van der Waals surface area contributed by atoms with E-state index < -0.39 is 5.97 Å². The lowest BCUT2D eigenvalue weighted by molar-refractivity contribution is 0.0465. The van der Waals surface area contributed by atoms with Crippen LogP contribution < -0.4 is 0 Å². The van der Waals surface area contributed by atoms with Gasteiger partial charge in [0.1, 0.15) is 22.9 Å². The summed E-state index contributed by atoms with van der Waals surface area (Å²) in [6.07, 6.45) is 0. The van der Waals surface area contributed by atoms with Gasteiger partial charge in [-0.1, -0.05) is 36.4 Å². The first-order valence-corrected chi connectivity index (χ1v) is 7.98. The van der Waals surface area contributed by atoms with E-state index in [4.69, 9.17) is 4.74 Å². The Balaban J connectivity index is 1.67. The predicted octanol–water partition coefficient (Wildman–Crippen LogP) is 4.18. The molecule has 0 aliphatic heterocycles. The van der Waals surface area contributed by atoms with E-state index in [1.807, 2.05) is 42.6 Å². The summed E-state index contributed by atoms with van der Waals surface area (Å²) in [5, 5.41) is 12.5. The molecule has 0 aliphatic rings. The minimum absolute atomic E-state index is 0.0711. The Kier molecular flexibility index (Phi) is 4.39. The molecule has 3 rings (SSSR count). The minimum atomic E-state index is -0.559. The molecule has 116 valence electrons. The number of hydrogen-bond donors (Lipinski definition) is 1. The zero-order valence-corrected chi connectivity index (χ0v) is 13.3. The van der Waals surface area contributed by atoms with Crippen LogP contribution >= 0.6 is 11.3 Å². The number of thiazole rings is 1. The van der Waals surface area contributed by atoms with Crippen molar-refractivity contribution in [3.05, 3.63) is 70.7 Å². The highest BCUT2D eigenvalue weighted by Gasteiger charge is 2.13. The highest BCUT2D eigenvalue weighted by molar-refractivity contribution is 7.13. The Morgan fingerprint density at radius 1 is 1.22 bits per heavy atom. The second-order valence-electron chi connectivity index (χ2n) is 5.11. The van der Waals surface area contributed by atoms with Crippen LogP contribution in [0.25, 0.3) is 10.6 Å². The van der Waals surface area contributed by atoms with Crippen molar-refractivity contribution in [1.82, 2.24) is 4.98 Å². The number of phenols is 1. The van der Waals surface area contributed by atoms with Gasteiger partial charge in [0, 0.05) is 10.9 Å². The molecule has 23 heavy (non-hydrogen) atoms. The Labute approximate surface area is 138 Å². The molecular formula is C18H15NO3S. The van der Waals surface area contributed by atoms with Crippen molar-refractivity contribution in [2.75, 3.05) is 0 Å². The third-order valence-electron chi connectivity index (χ3n) is 3.30. The topological polar surface area (TPSA) is 59.4 Å². The zero-order chi connectivity index (χ0) is 16.2. The number of rotatable bonds is 4. The van der Waals surface area contributed by atoms with E-state index in [-0.39, 0.29) is 17.9 Å². The normalized spacial score (nSPS) is 10.5. The SMILES string of the molecule is Cc1ccc(C(=O)OCc2csc(-c3ccccc3)n2)c(O)c1. The molecule has 5 heteroatoms. The Morgan fingerprint density at radius 2 is 2.00 bits per heavy atom. The lowest BCUT2D eigenvalue weighted by atomic mass is 10.1. The highest BCUT2D eigenvalue weighted by atomic mass is 32.1. The summed E-state index contributed by atoms with van der Waals surface area (Å²) in [7, 11) is 0. The number of phenolic OH excluding ortho intramolecular Hbond substituents is 1. The van der Waals surface area contributed by atoms with Gasteiger partial charge >= 0.3 is 5.97 Å². The molecule has 1 N–H and O–H groups in total. The Bertz CT molecular complexity index is 827. The lowest BCUT2D eigenvalue weighted by Crippen LogP contribution is -2.05. The van der Waals surface area contributed by atoms with Gasteiger partial charge in [-0.15, -0.1) is 11.3 Å². The number of aromatic nitrogens is 1. The number of carbonyl (C=O) groups is 1. The van der Waals surface area contributed by atoms with Crippen molar-refractivity contribution in [3.8, 4) is 16.3 Å². The number of aryl methyl sites for hydroxylation is 1. The second kappa shape index (κ2) is 6.62. The molecule has 0 unspecified atom stereocenters. The van der Waals surface area contributed by atoms with Crippen LogP contribution in [0.4, 0.5) is 0 Å². The van der Waals surface area contributed by atoms with E-state index in [2.05, 4.69) is 4.98 Å². The number of carbonyl (C=O) groups excluding carboxylic acids is 1. The Morgan fingerprint density at radius 3 is 2.74 bits per heavy atom. The number of hydrogen-bond acceptors (Lipinski definition) is 5. The summed E-state index contributed by atoms with van der Waals surface area (Å²) in [6, 6.07) is 14.7. The molecule has 0 saturated heterocycles. The molecule has 3 aromatic rings. The molecule has 0 spiro atoms. The maximum atomic E-state index is 12.0. The molecule has 0 fully saturated rings. The summed E-state index contributed by atoms with van der Waals surface area (Å²) >= 11 is 1.50. The number of benzene rings is 2. The fraction of sp³-hybridized carbons (Fsp3) is 0.111. The summed E-state index contributed by atoms with van der Waals surface area (Å²) in [5.74, 6) is -0.630. The van der Waals surface area contributed by atoms with E-state index in [0.29, 0.717) is 5.69 Å². The van der Waals surface area contributed by atoms with Gasteiger partial charge in [-0.05, 0) is 24.6 Å². The van der Waals surface area contributed by atoms with Crippen molar-refractivity contribution in [2.45, 2.75) is 13.5 Å². The van der Waals surface area contributed by atoms with Gasteiger partial charge in [-0.25, -0.2) is 9.78 Å². The largest absolute Gasteiger partial charge is 0.507 e. The average molecular weight is 325 g/mol. The lowest BCUT2D eigenvalue weighted by Gasteiger charge is -2.05. The predicted molar refractivity (Wildman–Crippen MR) is 89.5 cm³/mol. The molecule has 4 nitrogen and oxygen atoms in total. The van der Waals surface area contributed by atoms with Crippen molar-refractivity contribution in [2.24, 2.45) is 0 Å². The van der Waals surface area contributed by atoms with E-state index in [1.165, 1.54) is 17.4 Å². The van der Waals surface area contributed by atoms with Crippen molar-refractivity contribution in [1.29, 1.82) is 0 Å². The average Bonchev–Trinajstić information content (AvgIpc) is 3.02. The first-order chi connectivity index (χ1) is 11.1. The molecular weight excluding hydrogens is 310 g/mol. The van der Waals surface area contributed by atoms with E-state index in [1.54, 1.807) is 12.1 Å². The molecule has 2 aromatic carbocycles. The molecule has 1 heterocycles. The third kappa shape index (κ3) is 3.57. The quantitative estimate of drug-likeness (QED) is 0.731. The summed E-state index contributed by atoms with van der Waals surface area (Å²) in [6.45, 7) is 1.92. The molecule has 0 amide bonds. The molecule has 0 bridgehead atoms. The van der Waals surface area contributed by atoms with Gasteiger partial charge in [0.05, 0.1) is 5.69 Å². The smallest absolute Gasteiger partial charge is 0.342 e. The van der Waals surface area contributed by atoms with Gasteiger partial charge < -0.3 is 9.84 Å². The first kappa shape index (κ1) is 15.2. The van der Waals surface area contributed by atoms with E-state index >= 15 is 0 Å². The van der Waals surface area contributed by atoms with Crippen molar-refractivity contribution < 1.29 is 14.6 Å². The van der Waals surface area contributed by atoms with Crippen LogP contribution in [0.5, 0.6) is 5.75 Å². The minimum Gasteiger partial charge on any atom is -0.507 e. The molecule has 0 radical (unpaired) electrons. The van der Waals surface area contributed by atoms with Crippen LogP contribution in [0, 0.1) is 6.92 Å². The molecule has 1 aromatic heterocycles. The van der Waals surface area contributed by atoms with E-state index in [9.17, 15) is 9.90 Å². The maximum absolute atomic E-state index is 12.0. The molecule has 0 atom stereocenters. The van der Waals surface area contributed by atoms with Crippen LogP contribution in [0.3, 0.4) is 0 Å². The van der Waals surface area contributed by atoms with Crippen molar-refractivity contribution >= 4 is 17.3 Å². The van der Waals surface area contributed by atoms with E-state index in [0.717, 1.165) is 16.1 Å². The number of nitrogens with zero attached hydrogens (tertiary/aromatic N) is 1. The second-order valence-corrected chi connectivity index (χ2v) is 5.96. The van der Waals surface area contributed by atoms with Crippen LogP contribution in [-0.4, -0.2) is 16.1 Å². The van der Waals surface area contributed by atoms with Gasteiger partial charge in [0.25, 0.3) is 0 Å². The summed E-state index contributed by atoms with van der Waals surface area (Å²) < 4.78 is 5.23. The fourth-order valence-corrected chi connectivity index (χ4v) is 2.93. The van der Waals surface area contributed by atoms with Crippen molar-refractivity contribution in [3.63, 3.8) is 0 Å². The zero-order valence-electron chi connectivity index (χ0n) is 12.5. The van der Waals surface area contributed by atoms with Crippen LogP contribution in [0.15, 0.2) is 53.9 Å².